The number of amides is 2. The minimum absolute atomic E-state index is 0.167. The minimum Gasteiger partial charge on any atom is -0.360 e. The van der Waals surface area contributed by atoms with E-state index in [-0.39, 0.29) is 23.6 Å². The van der Waals surface area contributed by atoms with Crippen LogP contribution in [-0.2, 0) is 6.42 Å². The Hall–Kier alpha value is -3.22. The molecule has 4 rings (SSSR count). The second-order valence-corrected chi connectivity index (χ2v) is 6.47. The summed E-state index contributed by atoms with van der Waals surface area (Å²) in [4.78, 5) is 36.3. The molecule has 2 amide bonds. The van der Waals surface area contributed by atoms with E-state index in [1.165, 1.54) is 6.07 Å². The zero-order valence-electron chi connectivity index (χ0n) is 14.4. The van der Waals surface area contributed by atoms with E-state index < -0.39 is 0 Å². The van der Waals surface area contributed by atoms with E-state index in [1.54, 1.807) is 25.5 Å². The summed E-state index contributed by atoms with van der Waals surface area (Å²) in [5, 5.41) is 6.57. The first-order chi connectivity index (χ1) is 12.6. The van der Waals surface area contributed by atoms with Gasteiger partial charge in [0.2, 0.25) is 0 Å². The van der Waals surface area contributed by atoms with Crippen LogP contribution in [0.15, 0.2) is 36.8 Å². The number of carbonyl (C=O) groups excluding carboxylic acids is 2. The molecule has 1 aliphatic carbocycles. The summed E-state index contributed by atoms with van der Waals surface area (Å²) < 4.78 is 0. The normalized spacial score (nSPS) is 13.6. The molecular formula is C19H19N5O2. The summed E-state index contributed by atoms with van der Waals surface area (Å²) in [6.07, 6.45) is 7.91. The van der Waals surface area contributed by atoms with Crippen LogP contribution >= 0.6 is 0 Å². The van der Waals surface area contributed by atoms with Gasteiger partial charge in [0, 0.05) is 48.5 Å². The van der Waals surface area contributed by atoms with Crippen molar-refractivity contribution < 1.29 is 9.59 Å². The van der Waals surface area contributed by atoms with Gasteiger partial charge in [0.15, 0.2) is 0 Å². The zero-order chi connectivity index (χ0) is 18.1. The van der Waals surface area contributed by atoms with E-state index in [1.807, 2.05) is 12.3 Å². The van der Waals surface area contributed by atoms with Gasteiger partial charge in [0.05, 0.1) is 11.7 Å². The Kier molecular flexibility index (Phi) is 4.12. The maximum absolute atomic E-state index is 12.4. The van der Waals surface area contributed by atoms with Gasteiger partial charge in [-0.25, -0.2) is 4.98 Å². The monoisotopic (exact) mass is 349 g/mol. The lowest BCUT2D eigenvalue weighted by molar-refractivity contribution is 0.0951. The molecule has 3 aromatic rings. The van der Waals surface area contributed by atoms with E-state index >= 15 is 0 Å². The highest BCUT2D eigenvalue weighted by atomic mass is 16.2. The third-order valence-electron chi connectivity index (χ3n) is 4.44. The van der Waals surface area contributed by atoms with Crippen molar-refractivity contribution in [3.8, 4) is 0 Å². The van der Waals surface area contributed by atoms with Crippen molar-refractivity contribution in [2.75, 3.05) is 7.05 Å². The predicted octanol–water partition coefficient (Wildman–Crippen LogP) is 1.80. The van der Waals surface area contributed by atoms with Crippen molar-refractivity contribution in [2.24, 2.45) is 0 Å². The van der Waals surface area contributed by atoms with E-state index in [0.717, 1.165) is 29.3 Å². The molecule has 3 aromatic heterocycles. The van der Waals surface area contributed by atoms with E-state index in [2.05, 4.69) is 25.6 Å². The average molecular weight is 349 g/mol. The van der Waals surface area contributed by atoms with Crippen molar-refractivity contribution >= 4 is 22.7 Å². The van der Waals surface area contributed by atoms with Gasteiger partial charge < -0.3 is 15.6 Å². The third kappa shape index (κ3) is 3.28. The molecule has 0 aromatic carbocycles. The molecule has 3 heterocycles. The number of H-pyrrole nitrogens is 1. The van der Waals surface area contributed by atoms with Gasteiger partial charge in [0.25, 0.3) is 11.8 Å². The SMILES string of the molecule is CNC(=O)c1cc(C(=O)NC2CC2)cc(Cc2cncc3[nH]ccc23)n1. The highest BCUT2D eigenvalue weighted by molar-refractivity contribution is 5.98. The van der Waals surface area contributed by atoms with Crippen molar-refractivity contribution in [3.05, 3.63) is 59.3 Å². The molecule has 0 unspecified atom stereocenters. The lowest BCUT2D eigenvalue weighted by Crippen LogP contribution is -2.27. The molecule has 26 heavy (non-hydrogen) atoms. The van der Waals surface area contributed by atoms with Crippen LogP contribution in [0.1, 0.15) is 44.9 Å². The number of aromatic amines is 1. The van der Waals surface area contributed by atoms with Gasteiger partial charge >= 0.3 is 0 Å². The van der Waals surface area contributed by atoms with Crippen LogP contribution in [0, 0.1) is 0 Å². The number of carbonyl (C=O) groups is 2. The van der Waals surface area contributed by atoms with Gasteiger partial charge in [-0.1, -0.05) is 0 Å². The van der Waals surface area contributed by atoms with Gasteiger partial charge in [-0.3, -0.25) is 14.6 Å². The number of nitrogens with one attached hydrogen (secondary N) is 3. The third-order valence-corrected chi connectivity index (χ3v) is 4.44. The number of nitrogens with zero attached hydrogens (tertiary/aromatic N) is 2. The van der Waals surface area contributed by atoms with Crippen LogP contribution in [0.3, 0.4) is 0 Å². The highest BCUT2D eigenvalue weighted by Gasteiger charge is 2.24. The first-order valence-corrected chi connectivity index (χ1v) is 8.58. The molecule has 0 spiro atoms. The summed E-state index contributed by atoms with van der Waals surface area (Å²) in [6.45, 7) is 0. The van der Waals surface area contributed by atoms with Crippen molar-refractivity contribution in [1.82, 2.24) is 25.6 Å². The van der Waals surface area contributed by atoms with E-state index in [0.29, 0.717) is 17.7 Å². The Morgan fingerprint density at radius 2 is 2.08 bits per heavy atom. The van der Waals surface area contributed by atoms with E-state index in [4.69, 9.17) is 0 Å². The van der Waals surface area contributed by atoms with Crippen LogP contribution in [0.4, 0.5) is 0 Å². The Bertz CT molecular complexity index is 991. The minimum atomic E-state index is -0.315. The van der Waals surface area contributed by atoms with Crippen molar-refractivity contribution in [2.45, 2.75) is 25.3 Å². The molecular weight excluding hydrogens is 330 g/mol. The molecule has 0 bridgehead atoms. The Labute approximate surface area is 150 Å². The number of fused-ring (bicyclic) bond motifs is 1. The number of hydrogen-bond donors (Lipinski definition) is 3. The fourth-order valence-electron chi connectivity index (χ4n) is 2.93. The number of hydrogen-bond acceptors (Lipinski definition) is 4. The standard InChI is InChI=1S/C19H19N5O2/c1-20-19(26)16-8-11(18(25)24-13-2-3-13)6-14(23-16)7-12-9-21-10-17-15(12)4-5-22-17/h4-6,8-10,13,22H,2-3,7H2,1H3,(H,20,26)(H,24,25). The van der Waals surface area contributed by atoms with Gasteiger partial charge in [-0.15, -0.1) is 0 Å². The molecule has 0 radical (unpaired) electrons. The lowest BCUT2D eigenvalue weighted by Gasteiger charge is -2.09. The van der Waals surface area contributed by atoms with Crippen LogP contribution in [0.5, 0.6) is 0 Å². The quantitative estimate of drug-likeness (QED) is 0.654. The van der Waals surface area contributed by atoms with Crippen LogP contribution < -0.4 is 10.6 Å². The summed E-state index contributed by atoms with van der Waals surface area (Å²) in [5.74, 6) is -0.482. The number of pyridine rings is 2. The van der Waals surface area contributed by atoms with Crippen LogP contribution in [0.2, 0.25) is 0 Å². The maximum Gasteiger partial charge on any atom is 0.269 e. The summed E-state index contributed by atoms with van der Waals surface area (Å²) in [6, 6.07) is 5.51. The summed E-state index contributed by atoms with van der Waals surface area (Å²) in [5.41, 5.74) is 3.27. The van der Waals surface area contributed by atoms with Crippen molar-refractivity contribution in [3.63, 3.8) is 0 Å². The molecule has 0 aliphatic heterocycles. The fraction of sp³-hybridized carbons (Fsp3) is 0.263. The van der Waals surface area contributed by atoms with Gasteiger partial charge in [-0.05, 0) is 36.6 Å². The molecule has 1 saturated carbocycles. The van der Waals surface area contributed by atoms with Crippen LogP contribution in [0.25, 0.3) is 10.9 Å². The number of rotatable bonds is 5. The molecule has 7 nitrogen and oxygen atoms in total. The second kappa shape index (κ2) is 6.59. The molecule has 1 aliphatic rings. The fourth-order valence-corrected chi connectivity index (χ4v) is 2.93. The summed E-state index contributed by atoms with van der Waals surface area (Å²) >= 11 is 0. The van der Waals surface area contributed by atoms with Gasteiger partial charge in [0.1, 0.15) is 5.69 Å². The first-order valence-electron chi connectivity index (χ1n) is 8.58. The average Bonchev–Trinajstić information content (AvgIpc) is 3.33. The van der Waals surface area contributed by atoms with Crippen molar-refractivity contribution in [1.29, 1.82) is 0 Å². The first kappa shape index (κ1) is 16.3. The maximum atomic E-state index is 12.4. The smallest absolute Gasteiger partial charge is 0.269 e. The summed E-state index contributed by atoms with van der Waals surface area (Å²) in [7, 11) is 1.55. The number of aromatic nitrogens is 3. The zero-order valence-corrected chi connectivity index (χ0v) is 14.4. The largest absolute Gasteiger partial charge is 0.360 e. The second-order valence-electron chi connectivity index (χ2n) is 6.47. The Morgan fingerprint density at radius 3 is 2.85 bits per heavy atom. The van der Waals surface area contributed by atoms with Gasteiger partial charge in [-0.2, -0.15) is 0 Å². The molecule has 1 fully saturated rings. The van der Waals surface area contributed by atoms with Crippen LogP contribution in [-0.4, -0.2) is 39.9 Å². The molecule has 3 N–H and O–H groups in total. The predicted molar refractivity (Wildman–Crippen MR) is 97.0 cm³/mol. The molecule has 132 valence electrons. The molecule has 0 atom stereocenters. The Balaban J connectivity index is 1.70. The Morgan fingerprint density at radius 1 is 1.23 bits per heavy atom. The molecule has 0 saturated heterocycles. The highest BCUT2D eigenvalue weighted by Crippen LogP contribution is 2.21. The topological polar surface area (TPSA) is 99.8 Å². The van der Waals surface area contributed by atoms with E-state index in [9.17, 15) is 9.59 Å². The lowest BCUT2D eigenvalue weighted by atomic mass is 10.0. The molecule has 7 heteroatoms.